The van der Waals surface area contributed by atoms with Crippen molar-refractivity contribution in [2.45, 2.75) is 6.92 Å². The predicted molar refractivity (Wildman–Crippen MR) is 65.3 cm³/mol. The number of amides is 1. The Bertz CT molecular complexity index is 437. The van der Waals surface area contributed by atoms with Crippen molar-refractivity contribution in [3.63, 3.8) is 0 Å². The zero-order valence-corrected chi connectivity index (χ0v) is 9.95. The molecule has 0 spiro atoms. The number of nitrogens with one attached hydrogen (secondary N) is 2. The van der Waals surface area contributed by atoms with Gasteiger partial charge in [0.05, 0.1) is 11.5 Å². The van der Waals surface area contributed by atoms with E-state index < -0.39 is 4.92 Å². The first kappa shape index (κ1) is 13.2. The Morgan fingerprint density at radius 3 is 2.82 bits per heavy atom. The van der Waals surface area contributed by atoms with Crippen LogP contribution in [0, 0.1) is 10.1 Å². The molecule has 0 aliphatic carbocycles. The fraction of sp³-hybridized carbons (Fsp3) is 0.300. The van der Waals surface area contributed by atoms with Crippen LogP contribution in [0.25, 0.3) is 0 Å². The van der Waals surface area contributed by atoms with E-state index in [1.54, 1.807) is 6.92 Å². The van der Waals surface area contributed by atoms with E-state index in [0.717, 1.165) is 0 Å². The number of benzene rings is 1. The van der Waals surface area contributed by atoms with Gasteiger partial charge in [0.2, 0.25) is 5.91 Å². The van der Waals surface area contributed by atoms with Crippen LogP contribution in [-0.2, 0) is 4.79 Å². The Kier molecular flexibility index (Phi) is 4.71. The minimum atomic E-state index is -0.550. The van der Waals surface area contributed by atoms with E-state index in [0.29, 0.717) is 6.54 Å². The highest BCUT2D eigenvalue weighted by Gasteiger charge is 2.14. The van der Waals surface area contributed by atoms with Gasteiger partial charge in [-0.1, -0.05) is 11.6 Å². The lowest BCUT2D eigenvalue weighted by atomic mass is 10.2. The Morgan fingerprint density at radius 2 is 2.24 bits per heavy atom. The number of rotatable bonds is 5. The summed E-state index contributed by atoms with van der Waals surface area (Å²) in [6, 6.07) is 4.23. The van der Waals surface area contributed by atoms with Crippen molar-refractivity contribution in [2.24, 2.45) is 0 Å². The summed E-state index contributed by atoms with van der Waals surface area (Å²) in [4.78, 5) is 21.4. The van der Waals surface area contributed by atoms with Crippen molar-refractivity contribution >= 4 is 28.9 Å². The number of hydrogen-bond donors (Lipinski definition) is 2. The molecule has 0 unspecified atom stereocenters. The second-order valence-corrected chi connectivity index (χ2v) is 3.66. The summed E-state index contributed by atoms with van der Waals surface area (Å²) in [5.41, 5.74) is 0.118. The molecule has 1 rings (SSSR count). The fourth-order valence-corrected chi connectivity index (χ4v) is 1.41. The summed E-state index contributed by atoms with van der Waals surface area (Å²) in [5, 5.41) is 16.3. The molecule has 0 bridgehead atoms. The van der Waals surface area contributed by atoms with Gasteiger partial charge in [-0.3, -0.25) is 14.9 Å². The number of carbonyl (C=O) groups is 1. The second-order valence-electron chi connectivity index (χ2n) is 3.23. The lowest BCUT2D eigenvalue weighted by Crippen LogP contribution is -2.29. The van der Waals surface area contributed by atoms with Crippen molar-refractivity contribution < 1.29 is 9.72 Å². The summed E-state index contributed by atoms with van der Waals surface area (Å²) in [5.74, 6) is -0.225. The number of nitrogens with zero attached hydrogens (tertiary/aromatic N) is 1. The molecular weight excluding hydrogens is 246 g/mol. The number of nitro benzene ring substituents is 1. The van der Waals surface area contributed by atoms with Crippen LogP contribution in [0.1, 0.15) is 6.92 Å². The predicted octanol–water partition coefficient (Wildman–Crippen LogP) is 1.80. The topological polar surface area (TPSA) is 84.3 Å². The standard InChI is InChI=1S/C10H12ClN3O3/c1-2-12-10(15)6-13-8-4-3-7(11)5-9(8)14(16)17/h3-5,13H,2,6H2,1H3,(H,12,15). The van der Waals surface area contributed by atoms with Gasteiger partial charge in [-0.2, -0.15) is 0 Å². The Morgan fingerprint density at radius 1 is 1.53 bits per heavy atom. The first-order valence-corrected chi connectivity index (χ1v) is 5.37. The zero-order valence-electron chi connectivity index (χ0n) is 9.20. The molecule has 0 aromatic heterocycles. The van der Waals surface area contributed by atoms with E-state index in [-0.39, 0.29) is 28.8 Å². The highest BCUT2D eigenvalue weighted by molar-refractivity contribution is 6.30. The third-order valence-corrected chi connectivity index (χ3v) is 2.20. The molecule has 0 fully saturated rings. The number of hydrogen-bond acceptors (Lipinski definition) is 4. The molecule has 7 heteroatoms. The van der Waals surface area contributed by atoms with Crippen molar-refractivity contribution in [2.75, 3.05) is 18.4 Å². The van der Waals surface area contributed by atoms with E-state index in [9.17, 15) is 14.9 Å². The highest BCUT2D eigenvalue weighted by Crippen LogP contribution is 2.27. The molecule has 2 N–H and O–H groups in total. The van der Waals surface area contributed by atoms with Crippen LogP contribution in [0.4, 0.5) is 11.4 Å². The van der Waals surface area contributed by atoms with Gasteiger partial charge in [0, 0.05) is 17.6 Å². The van der Waals surface area contributed by atoms with Crippen molar-refractivity contribution in [3.8, 4) is 0 Å². The number of anilines is 1. The normalized spacial score (nSPS) is 9.76. The quantitative estimate of drug-likeness (QED) is 0.622. The smallest absolute Gasteiger partial charge is 0.293 e. The molecule has 1 aromatic rings. The highest BCUT2D eigenvalue weighted by atomic mass is 35.5. The van der Waals surface area contributed by atoms with Crippen molar-refractivity contribution in [3.05, 3.63) is 33.3 Å². The Hall–Kier alpha value is -1.82. The maximum atomic E-state index is 11.2. The fourth-order valence-electron chi connectivity index (χ4n) is 1.24. The number of halogens is 1. The summed E-state index contributed by atoms with van der Waals surface area (Å²) < 4.78 is 0. The SMILES string of the molecule is CCNC(=O)CNc1ccc(Cl)cc1[N+](=O)[O-]. The third-order valence-electron chi connectivity index (χ3n) is 1.97. The molecule has 92 valence electrons. The van der Waals surface area contributed by atoms with E-state index in [4.69, 9.17) is 11.6 Å². The van der Waals surface area contributed by atoms with Crippen LogP contribution in [0.5, 0.6) is 0 Å². The molecule has 0 atom stereocenters. The lowest BCUT2D eigenvalue weighted by Gasteiger charge is -2.07. The molecule has 1 amide bonds. The van der Waals surface area contributed by atoms with E-state index in [1.807, 2.05) is 0 Å². The zero-order chi connectivity index (χ0) is 12.8. The number of carbonyl (C=O) groups excluding carboxylic acids is 1. The lowest BCUT2D eigenvalue weighted by molar-refractivity contribution is -0.383. The van der Waals surface area contributed by atoms with Crippen molar-refractivity contribution in [1.29, 1.82) is 0 Å². The first-order chi connectivity index (χ1) is 8.04. The van der Waals surface area contributed by atoms with Gasteiger partial charge < -0.3 is 10.6 Å². The molecule has 1 aromatic carbocycles. The van der Waals surface area contributed by atoms with Gasteiger partial charge in [0.1, 0.15) is 5.69 Å². The van der Waals surface area contributed by atoms with E-state index in [1.165, 1.54) is 18.2 Å². The second kappa shape index (κ2) is 6.05. The van der Waals surface area contributed by atoms with Crippen LogP contribution in [0.2, 0.25) is 5.02 Å². The molecule has 0 aliphatic heterocycles. The monoisotopic (exact) mass is 257 g/mol. The van der Waals surface area contributed by atoms with Gasteiger partial charge in [-0.25, -0.2) is 0 Å². The summed E-state index contributed by atoms with van der Waals surface area (Å²) >= 11 is 5.66. The van der Waals surface area contributed by atoms with Crippen molar-refractivity contribution in [1.82, 2.24) is 5.32 Å². The minimum absolute atomic E-state index is 0.0175. The van der Waals surface area contributed by atoms with Crippen LogP contribution in [0.15, 0.2) is 18.2 Å². The van der Waals surface area contributed by atoms with Gasteiger partial charge in [0.15, 0.2) is 0 Å². The summed E-state index contributed by atoms with van der Waals surface area (Å²) in [6.45, 7) is 2.29. The van der Waals surface area contributed by atoms with Crippen LogP contribution in [-0.4, -0.2) is 23.9 Å². The van der Waals surface area contributed by atoms with Crippen LogP contribution < -0.4 is 10.6 Å². The van der Waals surface area contributed by atoms with Gasteiger partial charge in [-0.05, 0) is 19.1 Å². The van der Waals surface area contributed by atoms with Gasteiger partial charge in [-0.15, -0.1) is 0 Å². The average Bonchev–Trinajstić information content (AvgIpc) is 2.27. The average molecular weight is 258 g/mol. The maximum absolute atomic E-state index is 11.2. The molecule has 0 radical (unpaired) electrons. The molecular formula is C10H12ClN3O3. The largest absolute Gasteiger partial charge is 0.371 e. The van der Waals surface area contributed by atoms with Gasteiger partial charge in [0.25, 0.3) is 5.69 Å². The third kappa shape index (κ3) is 3.92. The molecule has 6 nitrogen and oxygen atoms in total. The van der Waals surface area contributed by atoms with Gasteiger partial charge >= 0.3 is 0 Å². The molecule has 0 heterocycles. The number of nitro groups is 1. The number of likely N-dealkylation sites (N-methyl/N-ethyl adjacent to an activating group) is 1. The molecule has 0 saturated carbocycles. The molecule has 0 aliphatic rings. The summed E-state index contributed by atoms with van der Waals surface area (Å²) in [7, 11) is 0. The van der Waals surface area contributed by atoms with E-state index in [2.05, 4.69) is 10.6 Å². The molecule has 0 saturated heterocycles. The van der Waals surface area contributed by atoms with Crippen LogP contribution in [0.3, 0.4) is 0 Å². The summed E-state index contributed by atoms with van der Waals surface area (Å²) in [6.07, 6.45) is 0. The van der Waals surface area contributed by atoms with E-state index >= 15 is 0 Å². The Balaban J connectivity index is 2.77. The minimum Gasteiger partial charge on any atom is -0.371 e. The maximum Gasteiger partial charge on any atom is 0.293 e. The molecule has 17 heavy (non-hydrogen) atoms. The van der Waals surface area contributed by atoms with Crippen LogP contribution >= 0.6 is 11.6 Å². The Labute approximate surface area is 103 Å². The first-order valence-electron chi connectivity index (χ1n) is 4.99.